The second-order valence-corrected chi connectivity index (χ2v) is 5.77. The smallest absolute Gasteiger partial charge is 0.352 e. The van der Waals surface area contributed by atoms with Crippen LogP contribution >= 0.6 is 0 Å². The third kappa shape index (κ3) is 4.24. The molecule has 6 heteroatoms. The van der Waals surface area contributed by atoms with Crippen molar-refractivity contribution in [2.75, 3.05) is 0 Å². The molecule has 2 N–H and O–H groups in total. The number of rotatable bonds is 5. The number of aryl methyl sites for hydroxylation is 1. The molecule has 1 amide bonds. The minimum absolute atomic E-state index is 0.251. The van der Waals surface area contributed by atoms with Crippen molar-refractivity contribution in [1.29, 1.82) is 0 Å². The highest BCUT2D eigenvalue weighted by atomic mass is 16.4. The highest BCUT2D eigenvalue weighted by Crippen LogP contribution is 2.24. The van der Waals surface area contributed by atoms with E-state index in [1.54, 1.807) is 37.3 Å². The van der Waals surface area contributed by atoms with Crippen molar-refractivity contribution < 1.29 is 14.7 Å². The van der Waals surface area contributed by atoms with Crippen molar-refractivity contribution in [3.05, 3.63) is 89.5 Å². The summed E-state index contributed by atoms with van der Waals surface area (Å²) in [5.41, 5.74) is 2.68. The molecular formula is C21H17N3O3. The number of nitrogens with one attached hydrogen (secondary N) is 1. The van der Waals surface area contributed by atoms with Crippen molar-refractivity contribution in [3.63, 3.8) is 0 Å². The molecule has 0 aliphatic rings. The third-order valence-electron chi connectivity index (χ3n) is 3.93. The Hall–Kier alpha value is -3.80. The van der Waals surface area contributed by atoms with Crippen LogP contribution in [0.25, 0.3) is 17.3 Å². The third-order valence-corrected chi connectivity index (χ3v) is 3.93. The SMILES string of the molecule is Cc1ncnc(-c2ccccc2)c1/C=C(/NC(=O)c1ccccc1)C(=O)O. The Morgan fingerprint density at radius 3 is 2.22 bits per heavy atom. The van der Waals surface area contributed by atoms with E-state index in [9.17, 15) is 14.7 Å². The molecule has 0 fully saturated rings. The molecule has 0 saturated heterocycles. The van der Waals surface area contributed by atoms with Gasteiger partial charge in [-0.3, -0.25) is 4.79 Å². The van der Waals surface area contributed by atoms with Gasteiger partial charge >= 0.3 is 5.97 Å². The summed E-state index contributed by atoms with van der Waals surface area (Å²) in [7, 11) is 0. The number of amides is 1. The van der Waals surface area contributed by atoms with Gasteiger partial charge in [-0.05, 0) is 25.1 Å². The van der Waals surface area contributed by atoms with E-state index < -0.39 is 11.9 Å². The summed E-state index contributed by atoms with van der Waals surface area (Å²) in [6, 6.07) is 17.8. The number of aromatic nitrogens is 2. The van der Waals surface area contributed by atoms with Crippen LogP contribution in [0.1, 0.15) is 21.6 Å². The van der Waals surface area contributed by atoms with Crippen LogP contribution in [-0.4, -0.2) is 27.0 Å². The molecule has 0 aliphatic heterocycles. The Bertz CT molecular complexity index is 1000. The maximum Gasteiger partial charge on any atom is 0.352 e. The summed E-state index contributed by atoms with van der Waals surface area (Å²) in [4.78, 5) is 32.5. The van der Waals surface area contributed by atoms with Crippen LogP contribution < -0.4 is 5.32 Å². The van der Waals surface area contributed by atoms with Crippen molar-refractivity contribution >= 4 is 18.0 Å². The molecule has 3 aromatic rings. The van der Waals surface area contributed by atoms with E-state index in [0.29, 0.717) is 22.5 Å². The van der Waals surface area contributed by atoms with Gasteiger partial charge in [0.25, 0.3) is 5.91 Å². The summed E-state index contributed by atoms with van der Waals surface area (Å²) in [5, 5.41) is 12.0. The minimum atomic E-state index is -1.25. The molecule has 1 aromatic heterocycles. The van der Waals surface area contributed by atoms with E-state index >= 15 is 0 Å². The molecule has 0 radical (unpaired) electrons. The lowest BCUT2D eigenvalue weighted by atomic mass is 10.0. The summed E-state index contributed by atoms with van der Waals surface area (Å²) in [6.45, 7) is 1.76. The lowest BCUT2D eigenvalue weighted by Crippen LogP contribution is -2.27. The van der Waals surface area contributed by atoms with E-state index in [-0.39, 0.29) is 5.70 Å². The summed E-state index contributed by atoms with van der Waals surface area (Å²) >= 11 is 0. The van der Waals surface area contributed by atoms with Gasteiger partial charge in [-0.15, -0.1) is 0 Å². The quantitative estimate of drug-likeness (QED) is 0.682. The zero-order chi connectivity index (χ0) is 19.2. The predicted octanol–water partition coefficient (Wildman–Crippen LogP) is 3.31. The molecular weight excluding hydrogens is 342 g/mol. The molecule has 0 unspecified atom stereocenters. The summed E-state index contributed by atoms with van der Waals surface area (Å²) in [5.74, 6) is -1.75. The van der Waals surface area contributed by atoms with Crippen molar-refractivity contribution in [2.45, 2.75) is 6.92 Å². The first-order chi connectivity index (χ1) is 13.1. The Kier molecular flexibility index (Phi) is 5.37. The van der Waals surface area contributed by atoms with Gasteiger partial charge in [-0.2, -0.15) is 0 Å². The van der Waals surface area contributed by atoms with Crippen LogP contribution in [0.5, 0.6) is 0 Å². The molecule has 0 saturated carbocycles. The average Bonchev–Trinajstić information content (AvgIpc) is 2.70. The lowest BCUT2D eigenvalue weighted by molar-refractivity contribution is -0.132. The Balaban J connectivity index is 2.02. The monoisotopic (exact) mass is 359 g/mol. The molecule has 0 aliphatic carbocycles. The number of hydrogen-bond acceptors (Lipinski definition) is 4. The normalized spacial score (nSPS) is 11.1. The zero-order valence-corrected chi connectivity index (χ0v) is 14.6. The number of carboxylic acid groups (broad SMARTS) is 1. The van der Waals surface area contributed by atoms with Crippen LogP contribution in [0.3, 0.4) is 0 Å². The molecule has 3 rings (SSSR count). The van der Waals surface area contributed by atoms with E-state index in [1.807, 2.05) is 30.3 Å². The van der Waals surface area contributed by atoms with Crippen molar-refractivity contribution in [2.24, 2.45) is 0 Å². The fraction of sp³-hybridized carbons (Fsp3) is 0.0476. The van der Waals surface area contributed by atoms with E-state index in [4.69, 9.17) is 0 Å². The van der Waals surface area contributed by atoms with Crippen molar-refractivity contribution in [3.8, 4) is 11.3 Å². The average molecular weight is 359 g/mol. The number of carbonyl (C=O) groups excluding carboxylic acids is 1. The number of carboxylic acids is 1. The minimum Gasteiger partial charge on any atom is -0.477 e. The van der Waals surface area contributed by atoms with E-state index in [2.05, 4.69) is 15.3 Å². The Labute approximate surface area is 156 Å². The first kappa shape index (κ1) is 18.0. The number of hydrogen-bond donors (Lipinski definition) is 2. The molecule has 1 heterocycles. The Morgan fingerprint density at radius 2 is 1.59 bits per heavy atom. The predicted molar refractivity (Wildman–Crippen MR) is 102 cm³/mol. The molecule has 0 spiro atoms. The molecule has 0 atom stereocenters. The fourth-order valence-electron chi connectivity index (χ4n) is 2.56. The molecule has 134 valence electrons. The number of carbonyl (C=O) groups is 2. The second kappa shape index (κ2) is 8.05. The van der Waals surface area contributed by atoms with Crippen LogP contribution in [-0.2, 0) is 4.79 Å². The maximum absolute atomic E-state index is 12.3. The topological polar surface area (TPSA) is 92.2 Å². The van der Waals surface area contributed by atoms with Gasteiger partial charge in [-0.25, -0.2) is 14.8 Å². The van der Waals surface area contributed by atoms with Gasteiger partial charge in [0.05, 0.1) is 5.69 Å². The number of nitrogens with zero attached hydrogens (tertiary/aromatic N) is 2. The molecule has 2 aromatic carbocycles. The summed E-state index contributed by atoms with van der Waals surface area (Å²) < 4.78 is 0. The zero-order valence-electron chi connectivity index (χ0n) is 14.6. The first-order valence-corrected chi connectivity index (χ1v) is 8.24. The van der Waals surface area contributed by atoms with E-state index in [0.717, 1.165) is 5.56 Å². The maximum atomic E-state index is 12.3. The highest BCUT2D eigenvalue weighted by molar-refractivity contribution is 6.03. The van der Waals surface area contributed by atoms with Crippen molar-refractivity contribution in [1.82, 2.24) is 15.3 Å². The van der Waals surface area contributed by atoms with Gasteiger partial charge in [0.2, 0.25) is 0 Å². The largest absolute Gasteiger partial charge is 0.477 e. The van der Waals surface area contributed by atoms with E-state index in [1.165, 1.54) is 12.4 Å². The highest BCUT2D eigenvalue weighted by Gasteiger charge is 2.16. The number of benzene rings is 2. The Morgan fingerprint density at radius 1 is 0.963 bits per heavy atom. The van der Waals surface area contributed by atoms with Crippen LogP contribution in [0.15, 0.2) is 72.7 Å². The molecule has 0 bridgehead atoms. The fourth-order valence-corrected chi connectivity index (χ4v) is 2.56. The van der Waals surface area contributed by atoms with Crippen LogP contribution in [0, 0.1) is 6.92 Å². The lowest BCUT2D eigenvalue weighted by Gasteiger charge is -2.10. The van der Waals surface area contributed by atoms with Gasteiger partial charge in [-0.1, -0.05) is 48.5 Å². The van der Waals surface area contributed by atoms with Gasteiger partial charge in [0.15, 0.2) is 0 Å². The van der Waals surface area contributed by atoms with Gasteiger partial charge in [0, 0.05) is 22.4 Å². The van der Waals surface area contributed by atoms with Crippen LogP contribution in [0.2, 0.25) is 0 Å². The number of aliphatic carboxylic acids is 1. The van der Waals surface area contributed by atoms with Gasteiger partial charge < -0.3 is 10.4 Å². The summed E-state index contributed by atoms with van der Waals surface area (Å²) in [6.07, 6.45) is 2.82. The molecule has 27 heavy (non-hydrogen) atoms. The standard InChI is InChI=1S/C21H17N3O3/c1-14-17(19(23-13-22-14)15-8-4-2-5-9-15)12-18(21(26)27)24-20(25)16-10-6-3-7-11-16/h2-13H,1H3,(H,24,25)(H,26,27)/b18-12+. The van der Waals surface area contributed by atoms with Gasteiger partial charge in [0.1, 0.15) is 12.0 Å². The first-order valence-electron chi connectivity index (χ1n) is 8.24. The second-order valence-electron chi connectivity index (χ2n) is 5.77. The van der Waals surface area contributed by atoms with Crippen LogP contribution in [0.4, 0.5) is 0 Å². The molecule has 6 nitrogen and oxygen atoms in total.